The Morgan fingerprint density at radius 3 is 2.52 bits per heavy atom. The van der Waals surface area contributed by atoms with E-state index in [0.29, 0.717) is 0 Å². The van der Waals surface area contributed by atoms with Crippen molar-refractivity contribution in [3.8, 4) is 5.75 Å². The Morgan fingerprint density at radius 1 is 1.43 bits per heavy atom. The molecule has 0 aromatic heterocycles. The van der Waals surface area contributed by atoms with Crippen LogP contribution in [0.1, 0.15) is 5.56 Å². The van der Waals surface area contributed by atoms with Gasteiger partial charge in [0.2, 0.25) is 6.41 Å². The summed E-state index contributed by atoms with van der Waals surface area (Å²) < 4.78 is 67.6. The van der Waals surface area contributed by atoms with Crippen molar-refractivity contribution in [3.63, 3.8) is 0 Å². The van der Waals surface area contributed by atoms with Crippen molar-refractivity contribution in [1.82, 2.24) is 4.72 Å². The summed E-state index contributed by atoms with van der Waals surface area (Å²) in [6.07, 6.45) is -4.49. The van der Waals surface area contributed by atoms with Crippen molar-refractivity contribution in [1.29, 1.82) is 0 Å². The fourth-order valence-electron chi connectivity index (χ4n) is 1.26. The van der Waals surface area contributed by atoms with E-state index in [-0.39, 0.29) is 12.0 Å². The lowest BCUT2D eigenvalue weighted by Crippen LogP contribution is -2.33. The molecule has 1 unspecified atom stereocenters. The summed E-state index contributed by atoms with van der Waals surface area (Å²) in [6, 6.07) is 4.64. The molecule has 0 saturated heterocycles. The van der Waals surface area contributed by atoms with Crippen LogP contribution in [-0.4, -0.2) is 26.6 Å². The molecule has 0 radical (unpaired) electrons. The number of rotatable bonds is 7. The van der Waals surface area contributed by atoms with Gasteiger partial charge in [0, 0.05) is 5.56 Å². The molecule has 0 aliphatic carbocycles. The molecule has 1 aromatic carbocycles. The lowest BCUT2D eigenvalue weighted by molar-refractivity contribution is -0.199. The zero-order valence-corrected chi connectivity index (χ0v) is 11.8. The SMILES string of the molecule is C=C(c1ccccc1OC(F)(F)C(F)Cl)S(=O)(=O)NC=O. The minimum atomic E-state index is -4.38. The normalized spacial score (nSPS) is 13.3. The molecule has 1 N–H and O–H groups in total. The molecule has 5 nitrogen and oxygen atoms in total. The quantitative estimate of drug-likeness (QED) is 0.609. The van der Waals surface area contributed by atoms with Crippen LogP contribution in [0.3, 0.4) is 0 Å². The summed E-state index contributed by atoms with van der Waals surface area (Å²) in [6.45, 7) is 3.19. The number of carbonyl (C=O) groups excluding carboxylic acids is 1. The predicted molar refractivity (Wildman–Crippen MR) is 69.9 cm³/mol. The van der Waals surface area contributed by atoms with Crippen LogP contribution in [0.15, 0.2) is 30.8 Å². The number of hydrogen-bond acceptors (Lipinski definition) is 4. The molecular weight excluding hydrogens is 335 g/mol. The highest BCUT2D eigenvalue weighted by Gasteiger charge is 2.42. The van der Waals surface area contributed by atoms with Crippen LogP contribution in [0.4, 0.5) is 13.2 Å². The van der Waals surface area contributed by atoms with Crippen molar-refractivity contribution in [3.05, 3.63) is 36.4 Å². The number of para-hydroxylation sites is 1. The van der Waals surface area contributed by atoms with Crippen molar-refractivity contribution in [2.75, 3.05) is 0 Å². The van der Waals surface area contributed by atoms with Crippen LogP contribution in [0.5, 0.6) is 5.75 Å². The average molecular weight is 344 g/mol. The zero-order chi connectivity index (χ0) is 16.3. The molecule has 10 heteroatoms. The van der Waals surface area contributed by atoms with E-state index in [1.807, 2.05) is 0 Å². The van der Waals surface area contributed by atoms with E-state index in [1.54, 1.807) is 0 Å². The van der Waals surface area contributed by atoms with Crippen molar-refractivity contribution < 1.29 is 31.1 Å². The van der Waals surface area contributed by atoms with Gasteiger partial charge in [0.15, 0.2) is 0 Å². The number of ether oxygens (including phenoxy) is 1. The first-order valence-corrected chi connectivity index (χ1v) is 7.13. The second-order valence-electron chi connectivity index (χ2n) is 3.62. The minimum Gasteiger partial charge on any atom is -0.429 e. The number of sulfonamides is 1. The fourth-order valence-corrected chi connectivity index (χ4v) is 2.03. The van der Waals surface area contributed by atoms with Crippen LogP contribution in [-0.2, 0) is 14.8 Å². The molecule has 1 atom stereocenters. The van der Waals surface area contributed by atoms with E-state index in [0.717, 1.165) is 12.1 Å². The summed E-state index contributed by atoms with van der Waals surface area (Å²) in [5, 5.41) is 0. The van der Waals surface area contributed by atoms with Crippen LogP contribution < -0.4 is 9.46 Å². The molecule has 0 saturated carbocycles. The Balaban J connectivity index is 3.23. The van der Waals surface area contributed by atoms with E-state index in [4.69, 9.17) is 0 Å². The third-order valence-corrected chi connectivity index (χ3v) is 3.74. The average Bonchev–Trinajstić information content (AvgIpc) is 2.38. The highest BCUT2D eigenvalue weighted by molar-refractivity contribution is 7.99. The number of benzene rings is 1. The highest BCUT2D eigenvalue weighted by atomic mass is 35.5. The van der Waals surface area contributed by atoms with Gasteiger partial charge in [0.25, 0.3) is 15.7 Å². The van der Waals surface area contributed by atoms with Gasteiger partial charge < -0.3 is 4.74 Å². The van der Waals surface area contributed by atoms with E-state index < -0.39 is 32.4 Å². The lowest BCUT2D eigenvalue weighted by Gasteiger charge is -2.20. The van der Waals surface area contributed by atoms with E-state index >= 15 is 0 Å². The smallest absolute Gasteiger partial charge is 0.429 e. The van der Waals surface area contributed by atoms with Crippen LogP contribution in [0.25, 0.3) is 4.91 Å². The molecule has 21 heavy (non-hydrogen) atoms. The Labute approximate surface area is 123 Å². The second kappa shape index (κ2) is 6.35. The Hall–Kier alpha value is -1.74. The summed E-state index contributed by atoms with van der Waals surface area (Å²) in [4.78, 5) is 9.51. The fraction of sp³-hybridized carbons (Fsp3) is 0.182. The summed E-state index contributed by atoms with van der Waals surface area (Å²) in [5.74, 6) is -0.660. The van der Waals surface area contributed by atoms with Crippen molar-refractivity contribution in [2.24, 2.45) is 0 Å². The molecule has 116 valence electrons. The summed E-state index contributed by atoms with van der Waals surface area (Å²) >= 11 is 4.65. The first-order chi connectivity index (χ1) is 9.62. The van der Waals surface area contributed by atoms with Gasteiger partial charge in [-0.2, -0.15) is 8.78 Å². The largest absolute Gasteiger partial charge is 0.444 e. The molecule has 0 aliphatic heterocycles. The van der Waals surface area contributed by atoms with Crippen LogP contribution in [0, 0.1) is 0 Å². The van der Waals surface area contributed by atoms with Crippen molar-refractivity contribution >= 4 is 32.9 Å². The number of hydrogen-bond donors (Lipinski definition) is 1. The monoisotopic (exact) mass is 343 g/mol. The predicted octanol–water partition coefficient (Wildman–Crippen LogP) is 2.24. The van der Waals surface area contributed by atoms with Gasteiger partial charge in [-0.25, -0.2) is 12.8 Å². The number of amides is 1. The standard InChI is InChI=1S/C11H9ClF3NO4S/c1-7(21(18,19)16-6-17)8-4-2-3-5-9(8)20-11(14,15)10(12)13/h2-6,10H,1H2,(H,16,17). The van der Waals surface area contributed by atoms with Crippen LogP contribution in [0.2, 0.25) is 0 Å². The first-order valence-electron chi connectivity index (χ1n) is 5.21. The van der Waals surface area contributed by atoms with E-state index in [1.165, 1.54) is 16.9 Å². The third-order valence-electron chi connectivity index (χ3n) is 2.22. The maximum Gasteiger partial charge on any atom is 0.444 e. The number of nitrogens with one attached hydrogen (secondary N) is 1. The van der Waals surface area contributed by atoms with Crippen molar-refractivity contribution in [2.45, 2.75) is 11.7 Å². The van der Waals surface area contributed by atoms with Gasteiger partial charge in [-0.3, -0.25) is 9.52 Å². The Morgan fingerprint density at radius 2 is 2.00 bits per heavy atom. The lowest BCUT2D eigenvalue weighted by atomic mass is 10.2. The van der Waals surface area contributed by atoms with Gasteiger partial charge >= 0.3 is 6.11 Å². The van der Waals surface area contributed by atoms with Gasteiger partial charge in [-0.1, -0.05) is 30.3 Å². The molecule has 0 fully saturated rings. The maximum atomic E-state index is 13.1. The molecular formula is C11H9ClF3NO4S. The molecule has 0 bridgehead atoms. The van der Waals surface area contributed by atoms with Gasteiger partial charge in [-0.05, 0) is 12.1 Å². The molecule has 0 heterocycles. The number of carbonyl (C=O) groups is 1. The summed E-state index contributed by atoms with van der Waals surface area (Å²) in [5.41, 5.74) is -3.51. The minimum absolute atomic E-state index is 0.116. The topological polar surface area (TPSA) is 72.5 Å². The zero-order valence-electron chi connectivity index (χ0n) is 10.2. The Bertz CT molecular complexity index is 649. The third kappa shape index (κ3) is 4.11. The molecule has 1 aromatic rings. The van der Waals surface area contributed by atoms with Gasteiger partial charge in [0.05, 0.1) is 4.91 Å². The van der Waals surface area contributed by atoms with Crippen LogP contribution >= 0.6 is 11.6 Å². The highest BCUT2D eigenvalue weighted by Crippen LogP contribution is 2.34. The first kappa shape index (κ1) is 17.3. The van der Waals surface area contributed by atoms with Gasteiger partial charge in [0.1, 0.15) is 5.75 Å². The second-order valence-corrected chi connectivity index (χ2v) is 5.74. The molecule has 0 aliphatic rings. The summed E-state index contributed by atoms with van der Waals surface area (Å²) in [7, 11) is -4.33. The number of halogens is 4. The Kier molecular flexibility index (Phi) is 5.24. The molecule has 0 spiro atoms. The maximum absolute atomic E-state index is 13.1. The molecule has 1 rings (SSSR count). The van der Waals surface area contributed by atoms with Gasteiger partial charge in [-0.15, -0.1) is 0 Å². The van der Waals surface area contributed by atoms with E-state index in [2.05, 4.69) is 22.9 Å². The van der Waals surface area contributed by atoms with E-state index in [9.17, 15) is 26.4 Å². The number of alkyl halides is 4. The molecule has 1 amide bonds.